The summed E-state index contributed by atoms with van der Waals surface area (Å²) in [7, 11) is 3.77. The lowest BCUT2D eigenvalue weighted by atomic mass is 9.73. The van der Waals surface area contributed by atoms with Crippen LogP contribution < -0.4 is 15.0 Å². The summed E-state index contributed by atoms with van der Waals surface area (Å²) in [5.74, 6) is 1.69. The predicted octanol–water partition coefficient (Wildman–Crippen LogP) is 2.77. The van der Waals surface area contributed by atoms with Gasteiger partial charge in [0.25, 0.3) is 0 Å². The van der Waals surface area contributed by atoms with E-state index in [0.717, 1.165) is 31.3 Å². The number of ether oxygens (including phenoxy) is 1. The molecule has 1 aliphatic heterocycles. The van der Waals surface area contributed by atoms with Gasteiger partial charge in [0.1, 0.15) is 5.75 Å². The summed E-state index contributed by atoms with van der Waals surface area (Å²) in [6.45, 7) is 8.09. The van der Waals surface area contributed by atoms with Gasteiger partial charge in [0.15, 0.2) is 0 Å². The molecule has 1 saturated heterocycles. The molecular weight excluding hydrogens is 236 g/mol. The third kappa shape index (κ3) is 3.21. The van der Waals surface area contributed by atoms with E-state index >= 15 is 0 Å². The van der Waals surface area contributed by atoms with Crippen molar-refractivity contribution in [2.45, 2.75) is 20.3 Å². The smallest absolute Gasteiger partial charge is 0.120 e. The van der Waals surface area contributed by atoms with Gasteiger partial charge in [-0.15, -0.1) is 0 Å². The lowest BCUT2D eigenvalue weighted by molar-refractivity contribution is 0.174. The summed E-state index contributed by atoms with van der Waals surface area (Å²) in [4.78, 5) is 2.48. The van der Waals surface area contributed by atoms with Crippen LogP contribution in [0, 0.1) is 11.3 Å². The Morgan fingerprint density at radius 2 is 2.21 bits per heavy atom. The molecular formula is C16H26N2O. The average Bonchev–Trinajstić information content (AvgIpc) is 2.41. The summed E-state index contributed by atoms with van der Waals surface area (Å²) >= 11 is 0. The Kier molecular flexibility index (Phi) is 4.35. The molecule has 0 amide bonds. The molecule has 1 aromatic carbocycles. The van der Waals surface area contributed by atoms with Crippen molar-refractivity contribution in [2.75, 3.05) is 38.7 Å². The molecule has 1 aliphatic rings. The van der Waals surface area contributed by atoms with Gasteiger partial charge < -0.3 is 15.0 Å². The number of rotatable bonds is 4. The maximum atomic E-state index is 5.32. The molecule has 19 heavy (non-hydrogen) atoms. The summed E-state index contributed by atoms with van der Waals surface area (Å²) in [5.41, 5.74) is 1.61. The zero-order valence-corrected chi connectivity index (χ0v) is 12.6. The Morgan fingerprint density at radius 3 is 2.84 bits per heavy atom. The quantitative estimate of drug-likeness (QED) is 0.903. The van der Waals surface area contributed by atoms with E-state index < -0.39 is 0 Å². The number of anilines is 1. The van der Waals surface area contributed by atoms with Crippen LogP contribution in [-0.2, 0) is 0 Å². The largest absolute Gasteiger partial charge is 0.497 e. The van der Waals surface area contributed by atoms with Crippen LogP contribution >= 0.6 is 0 Å². The van der Waals surface area contributed by atoms with Crippen LogP contribution in [0.1, 0.15) is 20.3 Å². The Labute approximate surface area is 116 Å². The van der Waals surface area contributed by atoms with E-state index in [2.05, 4.69) is 42.3 Å². The standard InChI is InChI=1S/C16H26N2O/c1-16(2)12-18(9-8-13(16)11-17-3)14-6-5-7-15(10-14)19-4/h5-7,10,13,17H,8-9,11-12H2,1-4H3. The van der Waals surface area contributed by atoms with Crippen molar-refractivity contribution in [1.29, 1.82) is 0 Å². The fraction of sp³-hybridized carbons (Fsp3) is 0.625. The van der Waals surface area contributed by atoms with Crippen molar-refractivity contribution < 1.29 is 4.74 Å². The number of piperidine rings is 1. The van der Waals surface area contributed by atoms with E-state index in [1.54, 1.807) is 7.11 Å². The lowest BCUT2D eigenvalue weighted by Crippen LogP contribution is -2.48. The highest BCUT2D eigenvalue weighted by Crippen LogP contribution is 2.37. The third-order valence-electron chi connectivity index (χ3n) is 4.32. The van der Waals surface area contributed by atoms with E-state index in [1.807, 2.05) is 13.1 Å². The molecule has 0 saturated carbocycles. The summed E-state index contributed by atoms with van der Waals surface area (Å²) in [6.07, 6.45) is 1.24. The Bertz CT molecular complexity index is 417. The Hall–Kier alpha value is -1.22. The maximum absolute atomic E-state index is 5.32. The van der Waals surface area contributed by atoms with Gasteiger partial charge in [-0.1, -0.05) is 19.9 Å². The monoisotopic (exact) mass is 262 g/mol. The van der Waals surface area contributed by atoms with Gasteiger partial charge in [-0.2, -0.15) is 0 Å². The molecule has 0 spiro atoms. The first kappa shape index (κ1) is 14.2. The molecule has 0 bridgehead atoms. The summed E-state index contributed by atoms with van der Waals surface area (Å²) < 4.78 is 5.32. The molecule has 1 aromatic rings. The summed E-state index contributed by atoms with van der Waals surface area (Å²) in [6, 6.07) is 8.38. The molecule has 2 rings (SSSR count). The van der Waals surface area contributed by atoms with Crippen LogP contribution in [0.5, 0.6) is 5.75 Å². The normalized spacial score (nSPS) is 22.3. The third-order valence-corrected chi connectivity index (χ3v) is 4.32. The van der Waals surface area contributed by atoms with E-state index in [1.165, 1.54) is 12.1 Å². The number of hydrogen-bond acceptors (Lipinski definition) is 3. The van der Waals surface area contributed by atoms with Crippen LogP contribution in [-0.4, -0.2) is 33.8 Å². The van der Waals surface area contributed by atoms with Crippen LogP contribution in [0.2, 0.25) is 0 Å². The second-order valence-corrected chi connectivity index (χ2v) is 6.15. The van der Waals surface area contributed by atoms with Gasteiger partial charge in [0.05, 0.1) is 7.11 Å². The maximum Gasteiger partial charge on any atom is 0.120 e. The molecule has 1 heterocycles. The molecule has 0 radical (unpaired) electrons. The van der Waals surface area contributed by atoms with Crippen LogP contribution in [0.25, 0.3) is 0 Å². The van der Waals surface area contributed by atoms with Crippen LogP contribution in [0.15, 0.2) is 24.3 Å². The molecule has 1 unspecified atom stereocenters. The van der Waals surface area contributed by atoms with Crippen LogP contribution in [0.3, 0.4) is 0 Å². The van der Waals surface area contributed by atoms with Gasteiger partial charge in [0.2, 0.25) is 0 Å². The van der Waals surface area contributed by atoms with Crippen molar-refractivity contribution >= 4 is 5.69 Å². The van der Waals surface area contributed by atoms with Crippen molar-refractivity contribution in [3.05, 3.63) is 24.3 Å². The fourth-order valence-electron chi connectivity index (χ4n) is 3.05. The Morgan fingerprint density at radius 1 is 1.42 bits per heavy atom. The lowest BCUT2D eigenvalue weighted by Gasteiger charge is -2.45. The van der Waals surface area contributed by atoms with Gasteiger partial charge >= 0.3 is 0 Å². The molecule has 0 aliphatic carbocycles. The number of nitrogens with zero attached hydrogens (tertiary/aromatic N) is 1. The molecule has 3 heteroatoms. The van der Waals surface area contributed by atoms with E-state index in [0.29, 0.717) is 5.41 Å². The first-order valence-corrected chi connectivity index (χ1v) is 7.10. The van der Waals surface area contributed by atoms with E-state index in [9.17, 15) is 0 Å². The highest BCUT2D eigenvalue weighted by Gasteiger charge is 2.35. The van der Waals surface area contributed by atoms with E-state index in [4.69, 9.17) is 4.74 Å². The van der Waals surface area contributed by atoms with Crippen molar-refractivity contribution in [2.24, 2.45) is 11.3 Å². The molecule has 106 valence electrons. The fourth-order valence-corrected chi connectivity index (χ4v) is 3.05. The first-order chi connectivity index (χ1) is 9.06. The van der Waals surface area contributed by atoms with Gasteiger partial charge in [-0.05, 0) is 43.5 Å². The van der Waals surface area contributed by atoms with Crippen LogP contribution in [0.4, 0.5) is 5.69 Å². The molecule has 3 nitrogen and oxygen atoms in total. The van der Waals surface area contributed by atoms with Crippen molar-refractivity contribution in [1.82, 2.24) is 5.32 Å². The van der Waals surface area contributed by atoms with Crippen molar-refractivity contribution in [3.8, 4) is 5.75 Å². The number of methoxy groups -OCH3 is 1. The van der Waals surface area contributed by atoms with Gasteiger partial charge in [0, 0.05) is 24.8 Å². The zero-order valence-electron chi connectivity index (χ0n) is 12.6. The van der Waals surface area contributed by atoms with Gasteiger partial charge in [-0.3, -0.25) is 0 Å². The minimum Gasteiger partial charge on any atom is -0.497 e. The minimum absolute atomic E-state index is 0.338. The topological polar surface area (TPSA) is 24.5 Å². The average molecular weight is 262 g/mol. The second kappa shape index (κ2) is 5.83. The highest BCUT2D eigenvalue weighted by molar-refractivity contribution is 5.51. The Balaban J connectivity index is 2.11. The van der Waals surface area contributed by atoms with Crippen molar-refractivity contribution in [3.63, 3.8) is 0 Å². The highest BCUT2D eigenvalue weighted by atomic mass is 16.5. The number of nitrogens with one attached hydrogen (secondary N) is 1. The first-order valence-electron chi connectivity index (χ1n) is 7.10. The second-order valence-electron chi connectivity index (χ2n) is 6.15. The molecule has 1 fully saturated rings. The summed E-state index contributed by atoms with van der Waals surface area (Å²) in [5, 5.41) is 3.33. The number of hydrogen-bond donors (Lipinski definition) is 1. The zero-order chi connectivity index (χ0) is 13.9. The molecule has 1 atom stereocenters. The predicted molar refractivity (Wildman–Crippen MR) is 81.0 cm³/mol. The minimum atomic E-state index is 0.338. The van der Waals surface area contributed by atoms with E-state index in [-0.39, 0.29) is 0 Å². The molecule has 1 N–H and O–H groups in total. The van der Waals surface area contributed by atoms with Gasteiger partial charge in [-0.25, -0.2) is 0 Å². The number of benzene rings is 1. The SMILES string of the molecule is CNCC1CCN(c2cccc(OC)c2)CC1(C)C. The molecule has 0 aromatic heterocycles.